The van der Waals surface area contributed by atoms with Crippen molar-refractivity contribution in [3.05, 3.63) is 71.8 Å². The van der Waals surface area contributed by atoms with E-state index in [1.807, 2.05) is 30.3 Å². The molecule has 3 rings (SSSR count). The summed E-state index contributed by atoms with van der Waals surface area (Å²) in [5, 5.41) is 3.23. The number of nitrogens with one attached hydrogen (secondary N) is 1. The van der Waals surface area contributed by atoms with E-state index in [2.05, 4.69) is 5.32 Å². The Morgan fingerprint density at radius 3 is 2.17 bits per heavy atom. The van der Waals surface area contributed by atoms with Crippen LogP contribution in [0.5, 0.6) is 28.7 Å². The molecule has 150 valence electrons. The summed E-state index contributed by atoms with van der Waals surface area (Å²) in [7, 11) is 3.08. The standard InChI is InChI=1S/C22H20ClNO5/c1-26-17-11-18(27-2)13-19(12-17)28-14-22(25)24-20-10-15(23)8-9-21(20)29-16-6-4-3-5-7-16/h3-13H,14H2,1-2H3,(H,24,25). The highest BCUT2D eigenvalue weighted by atomic mass is 35.5. The van der Waals surface area contributed by atoms with E-state index in [1.165, 1.54) is 0 Å². The highest BCUT2D eigenvalue weighted by Gasteiger charge is 2.12. The van der Waals surface area contributed by atoms with Crippen molar-refractivity contribution in [2.75, 3.05) is 26.1 Å². The average Bonchev–Trinajstić information content (AvgIpc) is 2.74. The van der Waals surface area contributed by atoms with Gasteiger partial charge in [-0.3, -0.25) is 4.79 Å². The topological polar surface area (TPSA) is 66.0 Å². The normalized spacial score (nSPS) is 10.2. The number of hydrogen-bond acceptors (Lipinski definition) is 5. The SMILES string of the molecule is COc1cc(OC)cc(OCC(=O)Nc2cc(Cl)ccc2Oc2ccccc2)c1. The first-order valence-electron chi connectivity index (χ1n) is 8.75. The zero-order chi connectivity index (χ0) is 20.6. The molecule has 0 aromatic heterocycles. The Balaban J connectivity index is 1.68. The molecule has 0 atom stereocenters. The Hall–Kier alpha value is -3.38. The number of halogens is 1. The fourth-order valence-corrected chi connectivity index (χ4v) is 2.68. The van der Waals surface area contributed by atoms with E-state index in [9.17, 15) is 4.79 Å². The van der Waals surface area contributed by atoms with Crippen molar-refractivity contribution in [1.82, 2.24) is 0 Å². The molecular weight excluding hydrogens is 394 g/mol. The van der Waals surface area contributed by atoms with Crippen LogP contribution in [0.4, 0.5) is 5.69 Å². The van der Waals surface area contributed by atoms with Gasteiger partial charge in [0.2, 0.25) is 0 Å². The third-order valence-corrected chi connectivity index (χ3v) is 4.12. The number of rotatable bonds is 8. The van der Waals surface area contributed by atoms with Gasteiger partial charge in [-0.1, -0.05) is 29.8 Å². The van der Waals surface area contributed by atoms with Crippen molar-refractivity contribution < 1.29 is 23.7 Å². The summed E-state index contributed by atoms with van der Waals surface area (Å²) >= 11 is 6.08. The smallest absolute Gasteiger partial charge is 0.262 e. The molecule has 0 saturated heterocycles. The number of ether oxygens (including phenoxy) is 4. The van der Waals surface area contributed by atoms with E-state index in [-0.39, 0.29) is 12.5 Å². The second kappa shape index (κ2) is 9.71. The van der Waals surface area contributed by atoms with Gasteiger partial charge >= 0.3 is 0 Å². The number of hydrogen-bond donors (Lipinski definition) is 1. The summed E-state index contributed by atoms with van der Waals surface area (Å²) in [5.74, 6) is 2.32. The second-order valence-corrected chi connectivity index (χ2v) is 6.38. The molecule has 6 nitrogen and oxygen atoms in total. The number of methoxy groups -OCH3 is 2. The molecule has 1 amide bonds. The van der Waals surface area contributed by atoms with E-state index in [0.29, 0.717) is 39.5 Å². The van der Waals surface area contributed by atoms with Gasteiger partial charge in [-0.05, 0) is 30.3 Å². The third-order valence-electron chi connectivity index (χ3n) is 3.88. The number of amides is 1. The van der Waals surface area contributed by atoms with Crippen LogP contribution in [0.15, 0.2) is 66.7 Å². The van der Waals surface area contributed by atoms with Crippen LogP contribution < -0.4 is 24.3 Å². The van der Waals surface area contributed by atoms with Crippen LogP contribution in [0, 0.1) is 0 Å². The minimum Gasteiger partial charge on any atom is -0.496 e. The summed E-state index contributed by atoms with van der Waals surface area (Å²) in [6.45, 7) is -0.215. The molecule has 0 aliphatic heterocycles. The molecule has 3 aromatic carbocycles. The molecule has 0 aliphatic rings. The highest BCUT2D eigenvalue weighted by molar-refractivity contribution is 6.31. The van der Waals surface area contributed by atoms with E-state index >= 15 is 0 Å². The lowest BCUT2D eigenvalue weighted by Gasteiger charge is -2.14. The third kappa shape index (κ3) is 5.80. The van der Waals surface area contributed by atoms with Gasteiger partial charge in [-0.2, -0.15) is 0 Å². The predicted molar refractivity (Wildman–Crippen MR) is 112 cm³/mol. The van der Waals surface area contributed by atoms with Gasteiger partial charge in [0.05, 0.1) is 19.9 Å². The maximum atomic E-state index is 12.4. The Kier molecular flexibility index (Phi) is 6.81. The van der Waals surface area contributed by atoms with Crippen molar-refractivity contribution in [3.63, 3.8) is 0 Å². The number of anilines is 1. The van der Waals surface area contributed by atoms with Crippen LogP contribution in [0.1, 0.15) is 0 Å². The van der Waals surface area contributed by atoms with Crippen LogP contribution in [-0.2, 0) is 4.79 Å². The first-order valence-corrected chi connectivity index (χ1v) is 9.13. The van der Waals surface area contributed by atoms with Gasteiger partial charge in [0.15, 0.2) is 12.4 Å². The number of carbonyl (C=O) groups excluding carboxylic acids is 1. The molecule has 0 aliphatic carbocycles. The molecule has 3 aromatic rings. The molecule has 0 spiro atoms. The fourth-order valence-electron chi connectivity index (χ4n) is 2.50. The number of benzene rings is 3. The molecular formula is C22H20ClNO5. The van der Waals surface area contributed by atoms with Crippen molar-refractivity contribution in [2.45, 2.75) is 0 Å². The fraction of sp³-hybridized carbons (Fsp3) is 0.136. The van der Waals surface area contributed by atoms with Gasteiger partial charge < -0.3 is 24.3 Å². The van der Waals surface area contributed by atoms with Crippen LogP contribution in [0.2, 0.25) is 5.02 Å². The zero-order valence-corrected chi connectivity index (χ0v) is 16.7. The second-order valence-electron chi connectivity index (χ2n) is 5.94. The zero-order valence-electron chi connectivity index (χ0n) is 16.0. The van der Waals surface area contributed by atoms with Gasteiger partial charge in [-0.25, -0.2) is 0 Å². The first-order chi connectivity index (χ1) is 14.1. The average molecular weight is 414 g/mol. The van der Waals surface area contributed by atoms with Crippen molar-refractivity contribution in [2.24, 2.45) is 0 Å². The quantitative estimate of drug-likeness (QED) is 0.552. The Morgan fingerprint density at radius 1 is 0.862 bits per heavy atom. The highest BCUT2D eigenvalue weighted by Crippen LogP contribution is 2.32. The molecule has 29 heavy (non-hydrogen) atoms. The molecule has 0 saturated carbocycles. The van der Waals surface area contributed by atoms with Crippen LogP contribution in [0.25, 0.3) is 0 Å². The minimum atomic E-state index is -0.369. The van der Waals surface area contributed by atoms with E-state index in [4.69, 9.17) is 30.5 Å². The Labute approximate surface area is 173 Å². The maximum Gasteiger partial charge on any atom is 0.262 e. The van der Waals surface area contributed by atoms with Gasteiger partial charge in [0.25, 0.3) is 5.91 Å². The summed E-state index contributed by atoms with van der Waals surface area (Å²) in [5.41, 5.74) is 0.443. The van der Waals surface area contributed by atoms with Crippen LogP contribution in [0.3, 0.4) is 0 Å². The van der Waals surface area contributed by atoms with Gasteiger partial charge in [0, 0.05) is 23.2 Å². The lowest BCUT2D eigenvalue weighted by molar-refractivity contribution is -0.118. The summed E-state index contributed by atoms with van der Waals surface area (Å²) in [4.78, 5) is 12.4. The molecule has 1 N–H and O–H groups in total. The number of carbonyl (C=O) groups is 1. The molecule has 0 radical (unpaired) electrons. The van der Waals surface area contributed by atoms with Crippen molar-refractivity contribution in [3.8, 4) is 28.7 Å². The maximum absolute atomic E-state index is 12.4. The Morgan fingerprint density at radius 2 is 1.52 bits per heavy atom. The van der Waals surface area contributed by atoms with Crippen molar-refractivity contribution >= 4 is 23.2 Å². The molecule has 0 fully saturated rings. The van der Waals surface area contributed by atoms with Gasteiger partial charge in [0.1, 0.15) is 23.0 Å². The van der Waals surface area contributed by atoms with E-state index in [1.54, 1.807) is 50.6 Å². The minimum absolute atomic E-state index is 0.215. The summed E-state index contributed by atoms with van der Waals surface area (Å²) in [6, 6.07) is 19.3. The van der Waals surface area contributed by atoms with E-state index in [0.717, 1.165) is 0 Å². The monoisotopic (exact) mass is 413 g/mol. The number of para-hydroxylation sites is 1. The largest absolute Gasteiger partial charge is 0.496 e. The lowest BCUT2D eigenvalue weighted by atomic mass is 10.2. The first kappa shape index (κ1) is 20.4. The summed E-state index contributed by atoms with van der Waals surface area (Å²) in [6.07, 6.45) is 0. The van der Waals surface area contributed by atoms with E-state index < -0.39 is 0 Å². The van der Waals surface area contributed by atoms with Crippen LogP contribution >= 0.6 is 11.6 Å². The molecule has 0 unspecified atom stereocenters. The molecule has 0 heterocycles. The Bertz CT molecular complexity index is 956. The van der Waals surface area contributed by atoms with Crippen LogP contribution in [-0.4, -0.2) is 26.7 Å². The molecule has 7 heteroatoms. The van der Waals surface area contributed by atoms with Crippen molar-refractivity contribution in [1.29, 1.82) is 0 Å². The molecule has 0 bridgehead atoms. The summed E-state index contributed by atoms with van der Waals surface area (Å²) < 4.78 is 21.8. The van der Waals surface area contributed by atoms with Gasteiger partial charge in [-0.15, -0.1) is 0 Å². The predicted octanol–water partition coefficient (Wildman–Crippen LogP) is 5.17. The lowest BCUT2D eigenvalue weighted by Crippen LogP contribution is -2.20.